The fourth-order valence-corrected chi connectivity index (χ4v) is 7.09. The largest absolute Gasteiger partial charge is 0.462 e. The van der Waals surface area contributed by atoms with Crippen LogP contribution in [0.15, 0.2) is 122 Å². The van der Waals surface area contributed by atoms with Crippen molar-refractivity contribution in [2.45, 2.75) is 232 Å². The van der Waals surface area contributed by atoms with E-state index in [2.05, 4.69) is 69.4 Å². The van der Waals surface area contributed by atoms with Crippen molar-refractivity contribution >= 4 is 17.9 Å². The highest BCUT2D eigenvalue weighted by molar-refractivity contribution is 5.71. The summed E-state index contributed by atoms with van der Waals surface area (Å²) in [4.78, 5) is 38.0. The summed E-state index contributed by atoms with van der Waals surface area (Å²) in [6, 6.07) is 0. The van der Waals surface area contributed by atoms with Crippen LogP contribution in [0.25, 0.3) is 0 Å². The summed E-state index contributed by atoms with van der Waals surface area (Å²) in [6.45, 7) is 6.39. The van der Waals surface area contributed by atoms with Crippen molar-refractivity contribution in [3.8, 4) is 0 Å². The van der Waals surface area contributed by atoms with Crippen LogP contribution in [0, 0.1) is 0 Å². The van der Waals surface area contributed by atoms with E-state index in [0.717, 1.165) is 70.6 Å². The third-order valence-electron chi connectivity index (χ3n) is 11.1. The average molecular weight is 927 g/mol. The van der Waals surface area contributed by atoms with E-state index >= 15 is 0 Å². The first-order valence-corrected chi connectivity index (χ1v) is 27.1. The lowest BCUT2D eigenvalue weighted by atomic mass is 10.0. The van der Waals surface area contributed by atoms with Gasteiger partial charge in [-0.05, 0) is 70.6 Å². The van der Waals surface area contributed by atoms with Gasteiger partial charge in [0.2, 0.25) is 0 Å². The molecule has 1 atom stereocenters. The number of carbonyl (C=O) groups is 3. The molecule has 0 aliphatic heterocycles. The second-order valence-electron chi connectivity index (χ2n) is 17.6. The highest BCUT2D eigenvalue weighted by Crippen LogP contribution is 2.14. The van der Waals surface area contributed by atoms with Crippen LogP contribution in [0.2, 0.25) is 0 Å². The van der Waals surface area contributed by atoms with Crippen LogP contribution < -0.4 is 0 Å². The average Bonchev–Trinajstić information content (AvgIpc) is 3.33. The van der Waals surface area contributed by atoms with Crippen LogP contribution >= 0.6 is 0 Å². The van der Waals surface area contributed by atoms with Gasteiger partial charge in [0.15, 0.2) is 6.10 Å². The Morgan fingerprint density at radius 2 is 0.657 bits per heavy atom. The molecular weight excluding hydrogens is 829 g/mol. The normalized spacial score (nSPS) is 13.1. The Kier molecular flexibility index (Phi) is 51.0. The number of unbranched alkanes of at least 4 members (excludes halogenated alkanes) is 22. The molecule has 0 radical (unpaired) electrons. The monoisotopic (exact) mass is 927 g/mol. The highest BCUT2D eigenvalue weighted by atomic mass is 16.6. The SMILES string of the molecule is CC\C=C/C=C\C=C/C=C\C=C\C=C/C=C\CCCCCC(=O)OCC(COC(=O)CCCCCCCCCCCCCCC)OC(=O)CCC/C=C\C/C=C\C/C=C\CCCCCCCC. The van der Waals surface area contributed by atoms with E-state index in [1.165, 1.54) is 109 Å². The molecule has 0 saturated heterocycles. The molecule has 0 saturated carbocycles. The van der Waals surface area contributed by atoms with E-state index in [-0.39, 0.29) is 37.5 Å². The molecule has 0 rings (SSSR count). The maximum Gasteiger partial charge on any atom is 0.306 e. The van der Waals surface area contributed by atoms with Gasteiger partial charge in [-0.25, -0.2) is 0 Å². The summed E-state index contributed by atoms with van der Waals surface area (Å²) in [5.41, 5.74) is 0. The first-order valence-electron chi connectivity index (χ1n) is 27.1. The number of hydrogen-bond donors (Lipinski definition) is 0. The Morgan fingerprint density at radius 1 is 0.328 bits per heavy atom. The fourth-order valence-electron chi connectivity index (χ4n) is 7.09. The number of ether oxygens (including phenoxy) is 3. The van der Waals surface area contributed by atoms with Crippen molar-refractivity contribution in [2.75, 3.05) is 13.2 Å². The van der Waals surface area contributed by atoms with Crippen LogP contribution in [-0.4, -0.2) is 37.2 Å². The number of carbonyl (C=O) groups excluding carboxylic acids is 3. The second kappa shape index (κ2) is 54.4. The second-order valence-corrected chi connectivity index (χ2v) is 17.6. The van der Waals surface area contributed by atoms with Gasteiger partial charge in [-0.1, -0.05) is 258 Å². The van der Waals surface area contributed by atoms with Gasteiger partial charge in [0, 0.05) is 19.3 Å². The molecule has 6 heteroatoms. The number of esters is 3. The van der Waals surface area contributed by atoms with Gasteiger partial charge in [-0.15, -0.1) is 0 Å². The molecule has 378 valence electrons. The summed E-state index contributed by atoms with van der Waals surface area (Å²) < 4.78 is 16.7. The molecule has 0 N–H and O–H groups in total. The van der Waals surface area contributed by atoms with Gasteiger partial charge in [-0.3, -0.25) is 14.4 Å². The predicted molar refractivity (Wildman–Crippen MR) is 288 cm³/mol. The Morgan fingerprint density at radius 3 is 1.10 bits per heavy atom. The Hall–Kier alpha value is -4.19. The predicted octanol–water partition coefficient (Wildman–Crippen LogP) is 18.1. The molecule has 67 heavy (non-hydrogen) atoms. The lowest BCUT2D eigenvalue weighted by Gasteiger charge is -2.18. The van der Waals surface area contributed by atoms with Gasteiger partial charge in [0.1, 0.15) is 13.2 Å². The summed E-state index contributed by atoms with van der Waals surface area (Å²) in [6.07, 6.45) is 74.7. The van der Waals surface area contributed by atoms with Gasteiger partial charge in [-0.2, -0.15) is 0 Å². The van der Waals surface area contributed by atoms with Crippen molar-refractivity contribution in [3.05, 3.63) is 122 Å². The zero-order valence-corrected chi connectivity index (χ0v) is 43.1. The van der Waals surface area contributed by atoms with Gasteiger partial charge >= 0.3 is 17.9 Å². The van der Waals surface area contributed by atoms with E-state index in [1.54, 1.807) is 0 Å². The maximum atomic E-state index is 12.8. The molecule has 0 spiro atoms. The van der Waals surface area contributed by atoms with E-state index in [9.17, 15) is 14.4 Å². The third-order valence-corrected chi connectivity index (χ3v) is 11.1. The molecule has 6 nitrogen and oxygen atoms in total. The summed E-state index contributed by atoms with van der Waals surface area (Å²) in [5, 5.41) is 0. The lowest BCUT2D eigenvalue weighted by molar-refractivity contribution is -0.167. The van der Waals surface area contributed by atoms with Crippen molar-refractivity contribution in [1.82, 2.24) is 0 Å². The highest BCUT2D eigenvalue weighted by Gasteiger charge is 2.19. The molecule has 0 fully saturated rings. The zero-order valence-electron chi connectivity index (χ0n) is 43.1. The number of rotatable bonds is 47. The molecule has 0 amide bonds. The topological polar surface area (TPSA) is 78.9 Å². The molecule has 0 aliphatic rings. The molecule has 0 aromatic rings. The Bertz CT molecular complexity index is 1440. The molecule has 1 unspecified atom stereocenters. The van der Waals surface area contributed by atoms with Crippen molar-refractivity contribution in [1.29, 1.82) is 0 Å². The first-order chi connectivity index (χ1) is 33.0. The standard InChI is InChI=1S/C61H98O6/c1-4-7-10-13-16-19-22-25-27-29-30-32-33-36-39-42-45-48-51-54-60(63)66-57-58(56-65-59(62)53-50-47-44-41-38-35-24-21-18-15-12-9-6-3)67-61(64)55-52-49-46-43-40-37-34-31-28-26-23-20-17-14-11-8-5-2/h7,10,13,16,19,22,25-30,32-34,36-37,39,43,46,58H,4-6,8-9,11-12,14-15,17-18,20-21,23-24,31,35,38,40-42,44-45,47-57H2,1-3H3/b10-7-,16-13-,22-19-,27-25-,28-26-,30-29+,33-32-,37-34-,39-36-,46-43-. The summed E-state index contributed by atoms with van der Waals surface area (Å²) in [7, 11) is 0. The first kappa shape index (κ1) is 62.8. The van der Waals surface area contributed by atoms with E-state index in [0.29, 0.717) is 19.3 Å². The summed E-state index contributed by atoms with van der Waals surface area (Å²) >= 11 is 0. The van der Waals surface area contributed by atoms with E-state index in [4.69, 9.17) is 14.2 Å². The molecule has 0 bridgehead atoms. The van der Waals surface area contributed by atoms with Crippen molar-refractivity contribution < 1.29 is 28.6 Å². The minimum atomic E-state index is -0.825. The van der Waals surface area contributed by atoms with Crippen LogP contribution in [0.1, 0.15) is 226 Å². The minimum Gasteiger partial charge on any atom is -0.462 e. The number of allylic oxidation sites excluding steroid dienone is 20. The lowest BCUT2D eigenvalue weighted by Crippen LogP contribution is -2.30. The molecule has 0 heterocycles. The van der Waals surface area contributed by atoms with Crippen molar-refractivity contribution in [3.63, 3.8) is 0 Å². The van der Waals surface area contributed by atoms with Crippen LogP contribution in [0.4, 0.5) is 0 Å². The minimum absolute atomic E-state index is 0.114. The van der Waals surface area contributed by atoms with E-state index < -0.39 is 6.10 Å². The Labute approximate surface area is 412 Å². The molecule has 0 aliphatic carbocycles. The van der Waals surface area contributed by atoms with E-state index in [1.807, 2.05) is 72.9 Å². The Balaban J connectivity index is 4.58. The fraction of sp³-hybridized carbons (Fsp3) is 0.623. The van der Waals surface area contributed by atoms with Crippen LogP contribution in [-0.2, 0) is 28.6 Å². The maximum absolute atomic E-state index is 12.8. The van der Waals surface area contributed by atoms with Gasteiger partial charge in [0.25, 0.3) is 0 Å². The number of hydrogen-bond acceptors (Lipinski definition) is 6. The third kappa shape index (κ3) is 52.6. The van der Waals surface area contributed by atoms with Crippen LogP contribution in [0.5, 0.6) is 0 Å². The van der Waals surface area contributed by atoms with Crippen molar-refractivity contribution in [2.24, 2.45) is 0 Å². The quantitative estimate of drug-likeness (QED) is 0.0199. The van der Waals surface area contributed by atoms with Crippen LogP contribution in [0.3, 0.4) is 0 Å². The van der Waals surface area contributed by atoms with Gasteiger partial charge < -0.3 is 14.2 Å². The zero-order chi connectivity index (χ0) is 48.6. The molecule has 0 aromatic heterocycles. The molecule has 0 aromatic carbocycles. The molecular formula is C61H98O6. The smallest absolute Gasteiger partial charge is 0.306 e. The van der Waals surface area contributed by atoms with Gasteiger partial charge in [0.05, 0.1) is 0 Å². The summed E-state index contributed by atoms with van der Waals surface area (Å²) in [5.74, 6) is -1.02.